The van der Waals surface area contributed by atoms with E-state index in [1.807, 2.05) is 12.1 Å². The van der Waals surface area contributed by atoms with Gasteiger partial charge in [0.05, 0.1) is 66.1 Å². The van der Waals surface area contributed by atoms with Crippen LogP contribution in [0.4, 0.5) is 0 Å². The van der Waals surface area contributed by atoms with Crippen molar-refractivity contribution in [1.29, 1.82) is 0 Å². The Balaban J connectivity index is 2.24. The van der Waals surface area contributed by atoms with Gasteiger partial charge in [0.2, 0.25) is 0 Å². The highest BCUT2D eigenvalue weighted by molar-refractivity contribution is 14.1. The summed E-state index contributed by atoms with van der Waals surface area (Å²) < 4.78 is 45.5. The molecule has 0 radical (unpaired) electrons. The van der Waals surface area contributed by atoms with E-state index < -0.39 is 0 Å². The summed E-state index contributed by atoms with van der Waals surface area (Å²) in [7, 11) is 3.30. The summed E-state index contributed by atoms with van der Waals surface area (Å²) in [5.74, 6) is 1.39. The third-order valence-corrected chi connectivity index (χ3v) is 6.38. The zero-order chi connectivity index (χ0) is 21.9. The summed E-state index contributed by atoms with van der Waals surface area (Å²) in [5, 5.41) is 0. The molecule has 1 rings (SSSR count). The van der Waals surface area contributed by atoms with E-state index in [2.05, 4.69) is 45.2 Å². The van der Waals surface area contributed by atoms with Gasteiger partial charge < -0.3 is 37.9 Å². The van der Waals surface area contributed by atoms with Gasteiger partial charge in [-0.25, -0.2) is 0 Å². The summed E-state index contributed by atoms with van der Waals surface area (Å²) in [4.78, 5) is 0. The Kier molecular flexibility index (Phi) is 18.4. The third-order valence-electron chi connectivity index (χ3n) is 3.56. The van der Waals surface area contributed by atoms with E-state index in [0.29, 0.717) is 90.8 Å². The Morgan fingerprint density at radius 2 is 0.800 bits per heavy atom. The summed E-state index contributed by atoms with van der Waals surface area (Å²) in [5.41, 5.74) is 0. The predicted molar refractivity (Wildman–Crippen MR) is 130 cm³/mol. The van der Waals surface area contributed by atoms with Crippen LogP contribution in [0.3, 0.4) is 0 Å². The van der Waals surface area contributed by atoms with Crippen molar-refractivity contribution >= 4 is 45.2 Å². The van der Waals surface area contributed by atoms with Gasteiger partial charge in [0.25, 0.3) is 0 Å². The minimum Gasteiger partial charge on any atom is -0.487 e. The summed E-state index contributed by atoms with van der Waals surface area (Å²) in [6.07, 6.45) is 0. The largest absolute Gasteiger partial charge is 0.487 e. The van der Waals surface area contributed by atoms with Crippen molar-refractivity contribution in [3.63, 3.8) is 0 Å². The highest BCUT2D eigenvalue weighted by Gasteiger charge is 2.10. The van der Waals surface area contributed by atoms with Crippen LogP contribution in [-0.2, 0) is 28.4 Å². The molecule has 0 spiro atoms. The van der Waals surface area contributed by atoms with E-state index >= 15 is 0 Å². The lowest BCUT2D eigenvalue weighted by Gasteiger charge is -2.14. The van der Waals surface area contributed by atoms with Crippen molar-refractivity contribution in [1.82, 2.24) is 0 Å². The van der Waals surface area contributed by atoms with Crippen LogP contribution >= 0.6 is 45.2 Å². The molecule has 0 aliphatic heterocycles. The van der Waals surface area contributed by atoms with Gasteiger partial charge in [-0.2, -0.15) is 0 Å². The van der Waals surface area contributed by atoms with Gasteiger partial charge in [-0.05, 0) is 57.3 Å². The molecule has 0 saturated heterocycles. The number of benzene rings is 1. The number of halogens is 2. The molecule has 10 heteroatoms. The van der Waals surface area contributed by atoms with Crippen molar-refractivity contribution in [3.8, 4) is 11.5 Å². The Hall–Kier alpha value is 0.0400. The fraction of sp³-hybridized carbons (Fsp3) is 0.700. The highest BCUT2D eigenvalue weighted by atomic mass is 127. The van der Waals surface area contributed by atoms with Gasteiger partial charge in [-0.15, -0.1) is 0 Å². The zero-order valence-corrected chi connectivity index (χ0v) is 22.0. The first-order valence-corrected chi connectivity index (χ1v) is 11.9. The van der Waals surface area contributed by atoms with E-state index in [9.17, 15) is 0 Å². The molecule has 1 aromatic carbocycles. The predicted octanol–water partition coefficient (Wildman–Crippen LogP) is 3.01. The molecule has 174 valence electrons. The molecule has 0 unspecified atom stereocenters. The average Bonchev–Trinajstić information content (AvgIpc) is 2.74. The molecule has 0 amide bonds. The second-order valence-electron chi connectivity index (χ2n) is 5.85. The van der Waals surface area contributed by atoms with Gasteiger partial charge in [0.15, 0.2) is 11.5 Å². The molecule has 0 N–H and O–H groups in total. The topological polar surface area (TPSA) is 73.8 Å². The Bertz CT molecular complexity index is 501. The van der Waals surface area contributed by atoms with Crippen LogP contribution in [-0.4, -0.2) is 93.5 Å². The van der Waals surface area contributed by atoms with E-state index in [0.717, 1.165) is 7.14 Å². The molecule has 0 saturated carbocycles. The number of hydrogen-bond donors (Lipinski definition) is 0. The monoisotopic (exact) mass is 654 g/mol. The SMILES string of the molecule is COCCOCCOCCOc1cc(I)c(I)cc1OCCOCCOCCOC. The van der Waals surface area contributed by atoms with Crippen LogP contribution in [0.2, 0.25) is 0 Å². The van der Waals surface area contributed by atoms with E-state index in [1.54, 1.807) is 14.2 Å². The molecule has 0 bridgehead atoms. The lowest BCUT2D eigenvalue weighted by Crippen LogP contribution is -2.14. The minimum absolute atomic E-state index is 0.431. The molecule has 0 atom stereocenters. The van der Waals surface area contributed by atoms with Crippen LogP contribution in [0.25, 0.3) is 0 Å². The van der Waals surface area contributed by atoms with Crippen LogP contribution in [0, 0.1) is 7.14 Å². The standard InChI is InChI=1S/C20H32I2O8/c1-23-3-5-25-7-9-27-11-13-29-19-15-17(21)18(22)16-20(19)30-14-12-28-10-8-26-6-4-24-2/h15-16H,3-14H2,1-2H3. The first-order valence-electron chi connectivity index (χ1n) is 9.72. The number of rotatable bonds is 20. The first-order chi connectivity index (χ1) is 14.7. The Labute approximate surface area is 206 Å². The third kappa shape index (κ3) is 14.2. The molecular formula is C20H32I2O8. The van der Waals surface area contributed by atoms with Crippen molar-refractivity contribution in [2.45, 2.75) is 0 Å². The van der Waals surface area contributed by atoms with Gasteiger partial charge in [-0.3, -0.25) is 0 Å². The lowest BCUT2D eigenvalue weighted by atomic mass is 10.3. The second kappa shape index (κ2) is 19.7. The smallest absolute Gasteiger partial charge is 0.162 e. The maximum absolute atomic E-state index is 5.86. The van der Waals surface area contributed by atoms with E-state index in [4.69, 9.17) is 37.9 Å². The molecular weight excluding hydrogens is 622 g/mol. The minimum atomic E-state index is 0.431. The van der Waals surface area contributed by atoms with Crippen molar-refractivity contribution < 1.29 is 37.9 Å². The van der Waals surface area contributed by atoms with Crippen LogP contribution in [0.1, 0.15) is 0 Å². The van der Waals surface area contributed by atoms with E-state index in [-0.39, 0.29) is 0 Å². The summed E-state index contributed by atoms with van der Waals surface area (Å²) in [6.45, 7) is 6.25. The zero-order valence-electron chi connectivity index (χ0n) is 17.7. The molecule has 0 aliphatic carbocycles. The molecule has 0 aliphatic rings. The maximum Gasteiger partial charge on any atom is 0.162 e. The van der Waals surface area contributed by atoms with Gasteiger partial charge >= 0.3 is 0 Å². The highest BCUT2D eigenvalue weighted by Crippen LogP contribution is 2.32. The maximum atomic E-state index is 5.86. The first kappa shape index (κ1) is 28.1. The lowest BCUT2D eigenvalue weighted by molar-refractivity contribution is 0.0159. The van der Waals surface area contributed by atoms with Crippen LogP contribution in [0.15, 0.2) is 12.1 Å². The van der Waals surface area contributed by atoms with Crippen molar-refractivity contribution in [3.05, 3.63) is 19.3 Å². The molecule has 30 heavy (non-hydrogen) atoms. The van der Waals surface area contributed by atoms with Crippen molar-refractivity contribution in [2.75, 3.05) is 93.5 Å². The second-order valence-corrected chi connectivity index (χ2v) is 8.17. The normalized spacial score (nSPS) is 11.1. The van der Waals surface area contributed by atoms with Crippen LogP contribution in [0.5, 0.6) is 11.5 Å². The molecule has 1 aromatic rings. The van der Waals surface area contributed by atoms with Gasteiger partial charge in [0.1, 0.15) is 13.2 Å². The number of methoxy groups -OCH3 is 2. The quantitative estimate of drug-likeness (QED) is 0.157. The average molecular weight is 654 g/mol. The molecule has 0 heterocycles. The fourth-order valence-electron chi connectivity index (χ4n) is 2.09. The Morgan fingerprint density at radius 1 is 0.500 bits per heavy atom. The van der Waals surface area contributed by atoms with Crippen molar-refractivity contribution in [2.24, 2.45) is 0 Å². The van der Waals surface area contributed by atoms with Gasteiger partial charge in [-0.1, -0.05) is 0 Å². The summed E-state index contributed by atoms with van der Waals surface area (Å²) in [6, 6.07) is 3.94. The molecule has 0 fully saturated rings. The van der Waals surface area contributed by atoms with Crippen LogP contribution < -0.4 is 9.47 Å². The number of hydrogen-bond acceptors (Lipinski definition) is 8. The fourth-order valence-corrected chi connectivity index (χ4v) is 2.96. The number of ether oxygens (including phenoxy) is 8. The molecule has 8 nitrogen and oxygen atoms in total. The molecule has 0 aromatic heterocycles. The van der Waals surface area contributed by atoms with E-state index in [1.165, 1.54) is 0 Å². The van der Waals surface area contributed by atoms with Gasteiger partial charge in [0, 0.05) is 21.4 Å². The summed E-state index contributed by atoms with van der Waals surface area (Å²) >= 11 is 4.56. The Morgan fingerprint density at radius 3 is 1.13 bits per heavy atom.